The van der Waals surface area contributed by atoms with Gasteiger partial charge in [-0.1, -0.05) is 26.2 Å². The lowest BCUT2D eigenvalue weighted by atomic mass is 10.1. The first kappa shape index (κ1) is 11.3. The number of hydrogen-bond acceptors (Lipinski definition) is 3. The average molecular weight is 172 g/mol. The van der Waals surface area contributed by atoms with Crippen LogP contribution in [0.1, 0.15) is 39.0 Å². The van der Waals surface area contributed by atoms with Crippen LogP contribution in [0.25, 0.3) is 0 Å². The van der Waals surface area contributed by atoms with Crippen LogP contribution in [0.15, 0.2) is 0 Å². The minimum atomic E-state index is -0.630. The number of hydrogen-bond donors (Lipinski definition) is 1. The smallest absolute Gasteiger partial charge is 0.197 e. The van der Waals surface area contributed by atoms with Crippen molar-refractivity contribution in [2.45, 2.75) is 45.1 Å². The predicted octanol–water partition coefficient (Wildman–Crippen LogP) is 1.09. The quantitative estimate of drug-likeness (QED) is 0.355. The number of carbonyl (C=O) groups excluding carboxylic acids is 2. The Bertz CT molecular complexity index is 143. The third-order valence-corrected chi connectivity index (χ3v) is 1.71. The maximum absolute atomic E-state index is 10.5. The lowest BCUT2D eigenvalue weighted by molar-refractivity contribution is -0.131. The van der Waals surface area contributed by atoms with Crippen LogP contribution in [-0.4, -0.2) is 23.3 Å². The lowest BCUT2D eigenvalue weighted by Gasteiger charge is -2.06. The van der Waals surface area contributed by atoms with E-state index in [2.05, 4.69) is 6.92 Å². The first-order valence-electron chi connectivity index (χ1n) is 4.36. The number of carbonyl (C=O) groups is 2. The van der Waals surface area contributed by atoms with Crippen molar-refractivity contribution in [1.82, 2.24) is 0 Å². The Morgan fingerprint density at radius 3 is 2.67 bits per heavy atom. The number of ketones is 1. The molecular formula is C9H16O3. The molecule has 0 radical (unpaired) electrons. The summed E-state index contributed by atoms with van der Waals surface area (Å²) in [4.78, 5) is 20.4. The second-order valence-corrected chi connectivity index (χ2v) is 2.94. The predicted molar refractivity (Wildman–Crippen MR) is 45.8 cm³/mol. The van der Waals surface area contributed by atoms with Crippen LogP contribution in [0.5, 0.6) is 0 Å². The van der Waals surface area contributed by atoms with E-state index in [-0.39, 0.29) is 12.7 Å². The first-order valence-corrected chi connectivity index (χ1v) is 4.36. The standard InChI is InChI=1S/C9H16O3/c1-2-3-4-5-8(11)6-9(12)7-10/h7-8,11H,2-6H2,1H3. The maximum atomic E-state index is 10.5. The highest BCUT2D eigenvalue weighted by Gasteiger charge is 2.08. The highest BCUT2D eigenvalue weighted by Crippen LogP contribution is 2.05. The molecule has 0 aliphatic rings. The van der Waals surface area contributed by atoms with Gasteiger partial charge in [-0.2, -0.15) is 0 Å². The minimum absolute atomic E-state index is 0.0206. The molecule has 0 aliphatic carbocycles. The Kier molecular flexibility index (Phi) is 6.57. The molecule has 0 aromatic heterocycles. The highest BCUT2D eigenvalue weighted by molar-refractivity contribution is 6.25. The van der Waals surface area contributed by atoms with Crippen molar-refractivity contribution in [3.05, 3.63) is 0 Å². The molecule has 0 rings (SSSR count). The molecule has 1 atom stereocenters. The molecule has 0 bridgehead atoms. The van der Waals surface area contributed by atoms with Crippen LogP contribution in [0, 0.1) is 0 Å². The van der Waals surface area contributed by atoms with Crippen molar-refractivity contribution in [2.75, 3.05) is 0 Å². The summed E-state index contributed by atoms with van der Waals surface area (Å²) in [5.41, 5.74) is 0. The molecule has 12 heavy (non-hydrogen) atoms. The van der Waals surface area contributed by atoms with Gasteiger partial charge in [-0.3, -0.25) is 9.59 Å². The highest BCUT2D eigenvalue weighted by atomic mass is 16.3. The zero-order chi connectivity index (χ0) is 9.40. The molecule has 0 aromatic carbocycles. The summed E-state index contributed by atoms with van der Waals surface area (Å²) in [6.07, 6.45) is 3.31. The third kappa shape index (κ3) is 6.04. The molecule has 0 spiro atoms. The van der Waals surface area contributed by atoms with E-state index in [1.165, 1.54) is 0 Å². The van der Waals surface area contributed by atoms with Crippen LogP contribution in [0.4, 0.5) is 0 Å². The minimum Gasteiger partial charge on any atom is -0.393 e. The van der Waals surface area contributed by atoms with E-state index < -0.39 is 11.9 Å². The summed E-state index contributed by atoms with van der Waals surface area (Å²) in [6.45, 7) is 2.07. The van der Waals surface area contributed by atoms with Crippen molar-refractivity contribution in [1.29, 1.82) is 0 Å². The molecule has 0 aromatic rings. The molecule has 1 N–H and O–H groups in total. The second-order valence-electron chi connectivity index (χ2n) is 2.94. The second kappa shape index (κ2) is 6.98. The molecule has 0 fully saturated rings. The van der Waals surface area contributed by atoms with Gasteiger partial charge >= 0.3 is 0 Å². The Balaban J connectivity index is 3.38. The Morgan fingerprint density at radius 2 is 2.17 bits per heavy atom. The molecule has 3 heteroatoms. The van der Waals surface area contributed by atoms with Gasteiger partial charge in [0.05, 0.1) is 6.10 Å². The monoisotopic (exact) mass is 172 g/mol. The number of Topliss-reactive ketones (excluding diaryl/α,β-unsaturated/α-hetero) is 1. The fraction of sp³-hybridized carbons (Fsp3) is 0.778. The molecular weight excluding hydrogens is 156 g/mol. The molecule has 0 heterocycles. The van der Waals surface area contributed by atoms with E-state index in [1.54, 1.807) is 0 Å². The van der Waals surface area contributed by atoms with Crippen molar-refractivity contribution in [2.24, 2.45) is 0 Å². The van der Waals surface area contributed by atoms with Crippen LogP contribution in [-0.2, 0) is 9.59 Å². The van der Waals surface area contributed by atoms with Crippen molar-refractivity contribution in [3.8, 4) is 0 Å². The lowest BCUT2D eigenvalue weighted by Crippen LogP contribution is -2.13. The topological polar surface area (TPSA) is 54.4 Å². The SMILES string of the molecule is CCCCCC(O)CC(=O)C=O. The van der Waals surface area contributed by atoms with Crippen LogP contribution < -0.4 is 0 Å². The fourth-order valence-corrected chi connectivity index (χ4v) is 1.01. The molecule has 0 aliphatic heterocycles. The van der Waals surface area contributed by atoms with Gasteiger partial charge < -0.3 is 5.11 Å². The normalized spacial score (nSPS) is 12.5. The van der Waals surface area contributed by atoms with E-state index in [4.69, 9.17) is 0 Å². The van der Waals surface area contributed by atoms with E-state index >= 15 is 0 Å². The molecule has 3 nitrogen and oxygen atoms in total. The summed E-state index contributed by atoms with van der Waals surface area (Å²) in [5.74, 6) is -0.515. The van der Waals surface area contributed by atoms with Crippen LogP contribution in [0.3, 0.4) is 0 Å². The zero-order valence-electron chi connectivity index (χ0n) is 7.45. The average Bonchev–Trinajstić information content (AvgIpc) is 2.05. The van der Waals surface area contributed by atoms with Crippen LogP contribution in [0.2, 0.25) is 0 Å². The van der Waals surface area contributed by atoms with E-state index in [0.717, 1.165) is 19.3 Å². The Hall–Kier alpha value is -0.700. The summed E-state index contributed by atoms with van der Waals surface area (Å²) >= 11 is 0. The number of unbranched alkanes of at least 4 members (excludes halogenated alkanes) is 2. The molecule has 1 unspecified atom stereocenters. The molecule has 70 valence electrons. The molecule has 0 amide bonds. The molecule has 0 saturated heterocycles. The van der Waals surface area contributed by atoms with Gasteiger partial charge in [0.2, 0.25) is 0 Å². The number of aliphatic hydroxyl groups excluding tert-OH is 1. The van der Waals surface area contributed by atoms with Gasteiger partial charge in [-0.15, -0.1) is 0 Å². The summed E-state index contributed by atoms with van der Waals surface area (Å²) in [7, 11) is 0. The Labute approximate surface area is 72.8 Å². The summed E-state index contributed by atoms with van der Waals surface area (Å²) in [6, 6.07) is 0. The first-order chi connectivity index (χ1) is 5.70. The fourth-order valence-electron chi connectivity index (χ4n) is 1.01. The number of aldehydes is 1. The maximum Gasteiger partial charge on any atom is 0.197 e. The van der Waals surface area contributed by atoms with E-state index in [0.29, 0.717) is 6.42 Å². The van der Waals surface area contributed by atoms with Crippen molar-refractivity contribution < 1.29 is 14.7 Å². The third-order valence-electron chi connectivity index (χ3n) is 1.71. The largest absolute Gasteiger partial charge is 0.393 e. The summed E-state index contributed by atoms with van der Waals surface area (Å²) in [5, 5.41) is 9.20. The Morgan fingerprint density at radius 1 is 1.50 bits per heavy atom. The van der Waals surface area contributed by atoms with Gasteiger partial charge in [0, 0.05) is 6.42 Å². The van der Waals surface area contributed by atoms with Gasteiger partial charge in [0.25, 0.3) is 0 Å². The molecule has 0 saturated carbocycles. The van der Waals surface area contributed by atoms with Crippen LogP contribution >= 0.6 is 0 Å². The van der Waals surface area contributed by atoms with E-state index in [9.17, 15) is 14.7 Å². The van der Waals surface area contributed by atoms with Crippen molar-refractivity contribution in [3.63, 3.8) is 0 Å². The summed E-state index contributed by atoms with van der Waals surface area (Å²) < 4.78 is 0. The van der Waals surface area contributed by atoms with Gasteiger partial charge in [0.15, 0.2) is 12.1 Å². The van der Waals surface area contributed by atoms with Crippen molar-refractivity contribution >= 4 is 12.1 Å². The van der Waals surface area contributed by atoms with Gasteiger partial charge in [-0.05, 0) is 6.42 Å². The van der Waals surface area contributed by atoms with Gasteiger partial charge in [-0.25, -0.2) is 0 Å². The zero-order valence-corrected chi connectivity index (χ0v) is 7.45. The van der Waals surface area contributed by atoms with Gasteiger partial charge in [0.1, 0.15) is 0 Å². The number of rotatable bonds is 7. The number of aliphatic hydroxyl groups is 1. The van der Waals surface area contributed by atoms with E-state index in [1.807, 2.05) is 0 Å².